The predicted molar refractivity (Wildman–Crippen MR) is 75.0 cm³/mol. The van der Waals surface area contributed by atoms with Gasteiger partial charge in [0.25, 0.3) is 0 Å². The Hall–Kier alpha value is -1.82. The van der Waals surface area contributed by atoms with Gasteiger partial charge in [-0.1, -0.05) is 15.9 Å². The van der Waals surface area contributed by atoms with E-state index in [0.29, 0.717) is 23.3 Å². The third kappa shape index (κ3) is 3.10. The zero-order chi connectivity index (χ0) is 13.1. The van der Waals surface area contributed by atoms with Gasteiger partial charge in [0.05, 0.1) is 0 Å². The molecule has 94 valence electrons. The van der Waals surface area contributed by atoms with Gasteiger partial charge >= 0.3 is 0 Å². The molecule has 0 saturated heterocycles. The SMILES string of the molecule is CN(C)c1nccc(Oc2cc(N)cc(Br)c2)n1. The first-order chi connectivity index (χ1) is 8.54. The highest BCUT2D eigenvalue weighted by molar-refractivity contribution is 9.10. The minimum atomic E-state index is 0.478. The van der Waals surface area contributed by atoms with E-state index in [0.717, 1.165) is 4.47 Å². The Labute approximate surface area is 114 Å². The molecule has 6 heteroatoms. The van der Waals surface area contributed by atoms with E-state index in [4.69, 9.17) is 10.5 Å². The average molecular weight is 309 g/mol. The van der Waals surface area contributed by atoms with Crippen LogP contribution in [0, 0.1) is 0 Å². The molecule has 1 aromatic heterocycles. The molecule has 1 aromatic carbocycles. The molecule has 0 saturated carbocycles. The van der Waals surface area contributed by atoms with Crippen molar-refractivity contribution in [2.24, 2.45) is 0 Å². The van der Waals surface area contributed by atoms with Crippen molar-refractivity contribution < 1.29 is 4.74 Å². The Morgan fingerprint density at radius 1 is 1.28 bits per heavy atom. The fourth-order valence-electron chi connectivity index (χ4n) is 1.37. The summed E-state index contributed by atoms with van der Waals surface area (Å²) in [6.07, 6.45) is 1.65. The van der Waals surface area contributed by atoms with E-state index in [1.54, 1.807) is 24.4 Å². The molecule has 0 spiro atoms. The van der Waals surface area contributed by atoms with Crippen LogP contribution >= 0.6 is 15.9 Å². The van der Waals surface area contributed by atoms with E-state index < -0.39 is 0 Å². The van der Waals surface area contributed by atoms with Gasteiger partial charge in [0.2, 0.25) is 11.8 Å². The summed E-state index contributed by atoms with van der Waals surface area (Å²) in [5.74, 6) is 1.70. The smallest absolute Gasteiger partial charge is 0.228 e. The molecular formula is C12H13BrN4O. The highest BCUT2D eigenvalue weighted by Crippen LogP contribution is 2.26. The lowest BCUT2D eigenvalue weighted by Gasteiger charge is -2.11. The molecule has 2 aromatic rings. The Kier molecular flexibility index (Phi) is 3.66. The fourth-order valence-corrected chi connectivity index (χ4v) is 1.86. The van der Waals surface area contributed by atoms with Gasteiger partial charge in [-0.2, -0.15) is 4.98 Å². The highest BCUT2D eigenvalue weighted by atomic mass is 79.9. The van der Waals surface area contributed by atoms with Gasteiger partial charge in [-0.05, 0) is 12.1 Å². The van der Waals surface area contributed by atoms with Crippen molar-refractivity contribution in [1.82, 2.24) is 9.97 Å². The van der Waals surface area contributed by atoms with Crippen LogP contribution in [-0.2, 0) is 0 Å². The fraction of sp³-hybridized carbons (Fsp3) is 0.167. The first-order valence-corrected chi connectivity index (χ1v) is 6.08. The Morgan fingerprint density at radius 3 is 2.72 bits per heavy atom. The van der Waals surface area contributed by atoms with Crippen LogP contribution in [0.3, 0.4) is 0 Å². The topological polar surface area (TPSA) is 64.3 Å². The molecule has 1 heterocycles. The van der Waals surface area contributed by atoms with Gasteiger partial charge in [0.15, 0.2) is 0 Å². The van der Waals surface area contributed by atoms with Gasteiger partial charge in [0.1, 0.15) is 5.75 Å². The number of anilines is 2. The monoisotopic (exact) mass is 308 g/mol. The van der Waals surface area contributed by atoms with Crippen LogP contribution in [0.25, 0.3) is 0 Å². The minimum Gasteiger partial charge on any atom is -0.439 e. The summed E-state index contributed by atoms with van der Waals surface area (Å²) < 4.78 is 6.50. The molecule has 0 amide bonds. The second-order valence-corrected chi connectivity index (χ2v) is 4.83. The normalized spacial score (nSPS) is 10.2. The maximum absolute atomic E-state index is 5.74. The number of nitrogens with two attached hydrogens (primary N) is 1. The van der Waals surface area contributed by atoms with Crippen LogP contribution in [0.15, 0.2) is 34.9 Å². The Balaban J connectivity index is 2.25. The van der Waals surface area contributed by atoms with Crippen molar-refractivity contribution in [2.75, 3.05) is 24.7 Å². The summed E-state index contributed by atoms with van der Waals surface area (Å²) >= 11 is 3.36. The van der Waals surface area contributed by atoms with Crippen LogP contribution in [0.1, 0.15) is 0 Å². The van der Waals surface area contributed by atoms with Crippen LogP contribution < -0.4 is 15.4 Å². The highest BCUT2D eigenvalue weighted by Gasteiger charge is 2.04. The molecule has 2 rings (SSSR count). The van der Waals surface area contributed by atoms with E-state index in [-0.39, 0.29) is 0 Å². The molecule has 18 heavy (non-hydrogen) atoms. The maximum Gasteiger partial charge on any atom is 0.228 e. The van der Waals surface area contributed by atoms with E-state index in [2.05, 4.69) is 25.9 Å². The van der Waals surface area contributed by atoms with Gasteiger partial charge in [-0.25, -0.2) is 4.98 Å². The van der Waals surface area contributed by atoms with Gasteiger partial charge < -0.3 is 15.4 Å². The van der Waals surface area contributed by atoms with Crippen LogP contribution in [0.2, 0.25) is 0 Å². The van der Waals surface area contributed by atoms with Crippen LogP contribution in [-0.4, -0.2) is 24.1 Å². The zero-order valence-corrected chi connectivity index (χ0v) is 11.7. The summed E-state index contributed by atoms with van der Waals surface area (Å²) in [5.41, 5.74) is 6.37. The molecule has 0 aliphatic rings. The molecule has 2 N–H and O–H groups in total. The zero-order valence-electron chi connectivity index (χ0n) is 10.1. The predicted octanol–water partition coefficient (Wildman–Crippen LogP) is 2.68. The molecule has 0 aliphatic heterocycles. The largest absolute Gasteiger partial charge is 0.439 e. The molecule has 0 fully saturated rings. The Bertz CT molecular complexity index is 539. The van der Waals surface area contributed by atoms with E-state index in [1.807, 2.05) is 25.1 Å². The van der Waals surface area contributed by atoms with Crippen LogP contribution in [0.5, 0.6) is 11.6 Å². The van der Waals surface area contributed by atoms with Crippen molar-refractivity contribution in [3.8, 4) is 11.6 Å². The lowest BCUT2D eigenvalue weighted by molar-refractivity contribution is 0.461. The molecule has 0 radical (unpaired) electrons. The first kappa shape index (κ1) is 12.6. The van der Waals surface area contributed by atoms with Gasteiger partial charge in [-0.15, -0.1) is 0 Å². The summed E-state index contributed by atoms with van der Waals surface area (Å²) in [7, 11) is 3.74. The van der Waals surface area contributed by atoms with Crippen molar-refractivity contribution in [3.63, 3.8) is 0 Å². The van der Waals surface area contributed by atoms with Crippen LogP contribution in [0.4, 0.5) is 11.6 Å². The molecule has 5 nitrogen and oxygen atoms in total. The van der Waals surface area contributed by atoms with E-state index in [9.17, 15) is 0 Å². The second kappa shape index (κ2) is 5.22. The van der Waals surface area contributed by atoms with Crippen molar-refractivity contribution in [1.29, 1.82) is 0 Å². The third-order valence-electron chi connectivity index (χ3n) is 2.13. The van der Waals surface area contributed by atoms with Crippen molar-refractivity contribution in [2.45, 2.75) is 0 Å². The number of benzene rings is 1. The summed E-state index contributed by atoms with van der Waals surface area (Å²) in [5, 5.41) is 0. The number of halogens is 1. The third-order valence-corrected chi connectivity index (χ3v) is 2.59. The molecule has 0 atom stereocenters. The number of nitrogens with zero attached hydrogens (tertiary/aromatic N) is 3. The van der Waals surface area contributed by atoms with E-state index >= 15 is 0 Å². The van der Waals surface area contributed by atoms with Crippen molar-refractivity contribution in [3.05, 3.63) is 34.9 Å². The minimum absolute atomic E-state index is 0.478. The number of ether oxygens (including phenoxy) is 1. The number of aromatic nitrogens is 2. The second-order valence-electron chi connectivity index (χ2n) is 3.91. The standard InChI is InChI=1S/C12H13BrN4O/c1-17(2)12-15-4-3-11(16-12)18-10-6-8(13)5-9(14)7-10/h3-7H,14H2,1-2H3. The summed E-state index contributed by atoms with van der Waals surface area (Å²) in [4.78, 5) is 10.2. The molecule has 0 unspecified atom stereocenters. The molecule has 0 aliphatic carbocycles. The number of rotatable bonds is 3. The summed E-state index contributed by atoms with van der Waals surface area (Å²) in [6, 6.07) is 7.07. The number of hydrogen-bond donors (Lipinski definition) is 1. The Morgan fingerprint density at radius 2 is 2.06 bits per heavy atom. The lowest BCUT2D eigenvalue weighted by Crippen LogP contribution is -2.12. The van der Waals surface area contributed by atoms with Crippen molar-refractivity contribution >= 4 is 27.6 Å². The first-order valence-electron chi connectivity index (χ1n) is 5.29. The lowest BCUT2D eigenvalue weighted by atomic mass is 10.3. The quantitative estimate of drug-likeness (QED) is 0.883. The van der Waals surface area contributed by atoms with E-state index in [1.165, 1.54) is 0 Å². The number of hydrogen-bond acceptors (Lipinski definition) is 5. The molecular weight excluding hydrogens is 296 g/mol. The van der Waals surface area contributed by atoms with Gasteiger partial charge in [0, 0.05) is 42.6 Å². The summed E-state index contributed by atoms with van der Waals surface area (Å²) in [6.45, 7) is 0. The van der Waals surface area contributed by atoms with Gasteiger partial charge in [-0.3, -0.25) is 0 Å². The maximum atomic E-state index is 5.74. The molecule has 0 bridgehead atoms. The number of nitrogen functional groups attached to an aromatic ring is 1. The average Bonchev–Trinajstić information content (AvgIpc) is 2.27.